The fourth-order valence-electron chi connectivity index (χ4n) is 4.07. The fourth-order valence-corrected chi connectivity index (χ4v) is 4.07. The zero-order chi connectivity index (χ0) is 20.6. The first-order valence-corrected chi connectivity index (χ1v) is 10.1. The van der Waals surface area contributed by atoms with Crippen LogP contribution in [-0.2, 0) is 26.1 Å². The summed E-state index contributed by atoms with van der Waals surface area (Å²) in [6, 6.07) is 5.15. The van der Waals surface area contributed by atoms with E-state index in [9.17, 15) is 14.7 Å². The summed E-state index contributed by atoms with van der Waals surface area (Å²) in [5.74, 6) is -0.391. The molecule has 2 aliphatic rings. The third kappa shape index (κ3) is 3.63. The third-order valence-corrected chi connectivity index (χ3v) is 5.93. The van der Waals surface area contributed by atoms with E-state index in [1.807, 2.05) is 0 Å². The lowest BCUT2D eigenvalue weighted by atomic mass is 9.83. The quantitative estimate of drug-likeness (QED) is 0.818. The van der Waals surface area contributed by atoms with Crippen LogP contribution < -0.4 is 5.43 Å². The van der Waals surface area contributed by atoms with Gasteiger partial charge in [-0.15, -0.1) is 0 Å². The Morgan fingerprint density at radius 1 is 1.28 bits per heavy atom. The van der Waals surface area contributed by atoms with E-state index in [0.717, 1.165) is 31.3 Å². The van der Waals surface area contributed by atoms with Gasteiger partial charge in [0.05, 0.1) is 23.5 Å². The smallest absolute Gasteiger partial charge is 0.313 e. The average Bonchev–Trinajstić information content (AvgIpc) is 3.23. The minimum Gasteiger partial charge on any atom is -0.481 e. The number of ether oxygens (including phenoxy) is 2. The Bertz CT molecular complexity index is 1020. The Morgan fingerprint density at radius 2 is 2.10 bits per heavy atom. The van der Waals surface area contributed by atoms with Crippen LogP contribution in [0.25, 0.3) is 16.5 Å². The molecule has 1 unspecified atom stereocenters. The molecule has 154 valence electrons. The van der Waals surface area contributed by atoms with Gasteiger partial charge in [-0.3, -0.25) is 9.59 Å². The van der Waals surface area contributed by atoms with Crippen molar-refractivity contribution in [2.45, 2.75) is 57.5 Å². The molecular formula is C23H26O6. The minimum absolute atomic E-state index is 0.119. The van der Waals surface area contributed by atoms with Gasteiger partial charge in [-0.05, 0) is 51.2 Å². The molecule has 0 bridgehead atoms. The summed E-state index contributed by atoms with van der Waals surface area (Å²) in [7, 11) is 0. The number of rotatable bonds is 5. The number of carboxylic acid groups (broad SMARTS) is 1. The fraction of sp³-hybridized carbons (Fsp3) is 0.478. The molecule has 6 heteroatoms. The number of para-hydroxylation sites is 1. The van der Waals surface area contributed by atoms with Crippen molar-refractivity contribution in [1.82, 2.24) is 0 Å². The van der Waals surface area contributed by atoms with Crippen LogP contribution in [0.2, 0.25) is 0 Å². The molecule has 1 aliphatic carbocycles. The summed E-state index contributed by atoms with van der Waals surface area (Å²) in [4.78, 5) is 25.4. The van der Waals surface area contributed by atoms with Crippen molar-refractivity contribution < 1.29 is 23.8 Å². The van der Waals surface area contributed by atoms with Crippen LogP contribution in [-0.4, -0.2) is 30.6 Å². The van der Waals surface area contributed by atoms with Crippen LogP contribution in [0.1, 0.15) is 56.4 Å². The number of aliphatic carboxylic acids is 1. The Balaban J connectivity index is 1.96. The molecule has 6 nitrogen and oxygen atoms in total. The first-order valence-electron chi connectivity index (χ1n) is 10.1. The van der Waals surface area contributed by atoms with Gasteiger partial charge in [-0.1, -0.05) is 18.2 Å². The predicted molar refractivity (Wildman–Crippen MR) is 109 cm³/mol. The molecule has 1 aromatic heterocycles. The van der Waals surface area contributed by atoms with Crippen LogP contribution in [0.3, 0.4) is 0 Å². The summed E-state index contributed by atoms with van der Waals surface area (Å²) in [5, 5.41) is 10.1. The second-order valence-electron chi connectivity index (χ2n) is 8.31. The summed E-state index contributed by atoms with van der Waals surface area (Å²) >= 11 is 0. The van der Waals surface area contributed by atoms with Crippen molar-refractivity contribution in [3.63, 3.8) is 0 Å². The van der Waals surface area contributed by atoms with Gasteiger partial charge in [0.15, 0.2) is 5.43 Å². The molecule has 1 aliphatic heterocycles. The van der Waals surface area contributed by atoms with Crippen molar-refractivity contribution in [2.75, 3.05) is 13.4 Å². The molecule has 0 amide bonds. The summed E-state index contributed by atoms with van der Waals surface area (Å²) in [6.07, 6.45) is 6.31. The summed E-state index contributed by atoms with van der Waals surface area (Å²) in [5.41, 5.74) is 1.17. The summed E-state index contributed by atoms with van der Waals surface area (Å²) < 4.78 is 17.2. The highest BCUT2D eigenvalue weighted by Gasteiger charge is 2.34. The molecule has 4 rings (SSSR count). The number of carboxylic acids is 1. The highest BCUT2D eigenvalue weighted by atomic mass is 16.7. The maximum Gasteiger partial charge on any atom is 0.313 e. The third-order valence-electron chi connectivity index (χ3n) is 5.93. The van der Waals surface area contributed by atoms with E-state index in [4.69, 9.17) is 13.9 Å². The SMILES string of the molecule is CC(C)(C(=O)O)c1cccc2c(=O)c(CC3COCO3)c(C3=CCCCC3)oc12. The first-order chi connectivity index (χ1) is 13.9. The number of fused-ring (bicyclic) bond motifs is 1. The van der Waals surface area contributed by atoms with Gasteiger partial charge in [-0.2, -0.15) is 0 Å². The monoisotopic (exact) mass is 398 g/mol. The second-order valence-corrected chi connectivity index (χ2v) is 8.31. The average molecular weight is 398 g/mol. The van der Waals surface area contributed by atoms with E-state index < -0.39 is 11.4 Å². The van der Waals surface area contributed by atoms with Gasteiger partial charge in [-0.25, -0.2) is 0 Å². The topological polar surface area (TPSA) is 86.0 Å². The number of hydrogen-bond donors (Lipinski definition) is 1. The van der Waals surface area contributed by atoms with Crippen molar-refractivity contribution in [1.29, 1.82) is 0 Å². The molecule has 1 aromatic carbocycles. The highest BCUT2D eigenvalue weighted by Crippen LogP contribution is 2.35. The zero-order valence-electron chi connectivity index (χ0n) is 16.8. The van der Waals surface area contributed by atoms with Crippen molar-refractivity contribution >= 4 is 22.5 Å². The van der Waals surface area contributed by atoms with E-state index in [1.54, 1.807) is 32.0 Å². The molecule has 2 heterocycles. The molecule has 2 aromatic rings. The Hall–Kier alpha value is -2.44. The van der Waals surface area contributed by atoms with Gasteiger partial charge in [0.1, 0.15) is 18.1 Å². The molecule has 1 atom stereocenters. The molecule has 0 saturated carbocycles. The summed E-state index contributed by atoms with van der Waals surface area (Å²) in [6.45, 7) is 3.93. The molecule has 29 heavy (non-hydrogen) atoms. The number of benzene rings is 1. The van der Waals surface area contributed by atoms with E-state index >= 15 is 0 Å². The lowest BCUT2D eigenvalue weighted by molar-refractivity contribution is -0.142. The van der Waals surface area contributed by atoms with E-state index in [0.29, 0.717) is 40.9 Å². The van der Waals surface area contributed by atoms with Gasteiger partial charge < -0.3 is 19.0 Å². The van der Waals surface area contributed by atoms with E-state index in [-0.39, 0.29) is 18.3 Å². The maximum absolute atomic E-state index is 13.5. The first kappa shape index (κ1) is 19.9. The molecule has 0 spiro atoms. The molecule has 1 fully saturated rings. The van der Waals surface area contributed by atoms with E-state index in [2.05, 4.69) is 6.08 Å². The lowest BCUT2D eigenvalue weighted by Gasteiger charge is -2.23. The van der Waals surface area contributed by atoms with E-state index in [1.165, 1.54) is 0 Å². The van der Waals surface area contributed by atoms with Crippen molar-refractivity contribution in [2.24, 2.45) is 0 Å². The van der Waals surface area contributed by atoms with Crippen LogP contribution in [0.4, 0.5) is 0 Å². The van der Waals surface area contributed by atoms with Crippen molar-refractivity contribution in [3.05, 3.63) is 51.4 Å². The second kappa shape index (κ2) is 7.76. The number of carbonyl (C=O) groups is 1. The van der Waals surface area contributed by atoms with Gasteiger partial charge in [0.25, 0.3) is 0 Å². The largest absolute Gasteiger partial charge is 0.481 e. The standard InChI is InChI=1S/C23H26O6/c1-23(2,22(25)26)18-10-6-9-16-19(24)17(11-15-12-27-13-28-15)20(29-21(16)18)14-7-4-3-5-8-14/h6-7,9-10,15H,3-5,8,11-13H2,1-2H3,(H,25,26). The van der Waals surface area contributed by atoms with Crippen LogP contribution >= 0.6 is 0 Å². The molecule has 1 N–H and O–H groups in total. The minimum atomic E-state index is -1.18. The van der Waals surface area contributed by atoms with Crippen LogP contribution in [0.15, 0.2) is 33.5 Å². The van der Waals surface area contributed by atoms with Gasteiger partial charge in [0.2, 0.25) is 0 Å². The van der Waals surface area contributed by atoms with Crippen LogP contribution in [0, 0.1) is 0 Å². The molecule has 0 radical (unpaired) electrons. The van der Waals surface area contributed by atoms with Crippen LogP contribution in [0.5, 0.6) is 0 Å². The highest BCUT2D eigenvalue weighted by molar-refractivity contribution is 5.90. The number of hydrogen-bond acceptors (Lipinski definition) is 5. The zero-order valence-corrected chi connectivity index (χ0v) is 16.8. The van der Waals surface area contributed by atoms with Crippen molar-refractivity contribution in [3.8, 4) is 0 Å². The Morgan fingerprint density at radius 3 is 2.76 bits per heavy atom. The predicted octanol–water partition coefficient (Wildman–Crippen LogP) is 4.03. The maximum atomic E-state index is 13.5. The molecular weight excluding hydrogens is 372 g/mol. The van der Waals surface area contributed by atoms with Gasteiger partial charge in [0, 0.05) is 17.5 Å². The lowest BCUT2D eigenvalue weighted by Crippen LogP contribution is -2.29. The Labute approximate surface area is 169 Å². The normalized spacial score (nSPS) is 20.1. The molecule has 1 saturated heterocycles. The Kier molecular flexibility index (Phi) is 5.32. The van der Waals surface area contributed by atoms with Gasteiger partial charge >= 0.3 is 5.97 Å². The number of allylic oxidation sites excluding steroid dienone is 2.